The van der Waals surface area contributed by atoms with E-state index < -0.39 is 0 Å². The minimum absolute atomic E-state index is 0.555. The molecule has 0 amide bonds. The van der Waals surface area contributed by atoms with Crippen LogP contribution in [0, 0.1) is 0 Å². The number of pyridine rings is 1. The zero-order valence-corrected chi connectivity index (χ0v) is 7.23. The zero-order chi connectivity index (χ0) is 8.27. The first-order valence-electron chi connectivity index (χ1n) is 3.64. The second-order valence-electron chi connectivity index (χ2n) is 2.41. The topological polar surface area (TPSA) is 38.9 Å². The monoisotopic (exact) mass is 170 g/mol. The molecule has 1 heterocycles. The summed E-state index contributed by atoms with van der Waals surface area (Å²) in [6.07, 6.45) is 3.56. The van der Waals surface area contributed by atoms with Crippen molar-refractivity contribution in [3.05, 3.63) is 22.8 Å². The predicted molar refractivity (Wildman–Crippen MR) is 47.7 cm³/mol. The normalized spacial score (nSPS) is 10.0. The van der Waals surface area contributed by atoms with E-state index in [4.69, 9.17) is 17.3 Å². The maximum atomic E-state index is 5.89. The van der Waals surface area contributed by atoms with Crippen LogP contribution in [0.5, 0.6) is 0 Å². The average molecular weight is 171 g/mol. The molecule has 1 aromatic heterocycles. The number of halogens is 1. The number of nitrogens with two attached hydrogens (primary N) is 1. The molecular formula is C8H11ClN2. The Bertz CT molecular complexity index is 228. The molecule has 0 saturated carbocycles. The van der Waals surface area contributed by atoms with Crippen LogP contribution in [-0.4, -0.2) is 4.98 Å². The number of aromatic nitrogens is 1. The molecule has 0 bridgehead atoms. The van der Waals surface area contributed by atoms with Gasteiger partial charge in [0.25, 0.3) is 0 Å². The number of hydrogen-bond acceptors (Lipinski definition) is 2. The van der Waals surface area contributed by atoms with Crippen molar-refractivity contribution in [1.29, 1.82) is 0 Å². The third kappa shape index (κ3) is 1.84. The zero-order valence-electron chi connectivity index (χ0n) is 6.47. The summed E-state index contributed by atoms with van der Waals surface area (Å²) in [7, 11) is 0. The van der Waals surface area contributed by atoms with Crippen LogP contribution in [0.1, 0.15) is 18.9 Å². The van der Waals surface area contributed by atoms with Gasteiger partial charge in [-0.15, -0.1) is 0 Å². The van der Waals surface area contributed by atoms with Crippen LogP contribution in [-0.2, 0) is 6.42 Å². The highest BCUT2D eigenvalue weighted by Gasteiger charge is 2.02. The van der Waals surface area contributed by atoms with Crippen LogP contribution in [0.4, 0.5) is 5.82 Å². The first-order valence-corrected chi connectivity index (χ1v) is 4.02. The third-order valence-electron chi connectivity index (χ3n) is 1.53. The van der Waals surface area contributed by atoms with Gasteiger partial charge in [0, 0.05) is 16.8 Å². The van der Waals surface area contributed by atoms with Crippen LogP contribution in [0.15, 0.2) is 12.3 Å². The number of nitrogens with zero attached hydrogens (tertiary/aromatic N) is 1. The molecule has 3 heteroatoms. The summed E-state index contributed by atoms with van der Waals surface area (Å²) >= 11 is 5.89. The highest BCUT2D eigenvalue weighted by molar-refractivity contribution is 6.31. The molecule has 0 atom stereocenters. The summed E-state index contributed by atoms with van der Waals surface area (Å²) in [5.74, 6) is 0.555. The SMILES string of the molecule is CCCc1c(Cl)ccnc1N. The largest absolute Gasteiger partial charge is 0.383 e. The molecule has 0 aliphatic carbocycles. The van der Waals surface area contributed by atoms with Crippen molar-refractivity contribution in [2.75, 3.05) is 5.73 Å². The Morgan fingerprint density at radius 1 is 1.64 bits per heavy atom. The van der Waals surface area contributed by atoms with E-state index in [0.29, 0.717) is 5.82 Å². The molecule has 1 rings (SSSR count). The molecule has 2 N–H and O–H groups in total. The number of hydrogen-bond donors (Lipinski definition) is 1. The van der Waals surface area contributed by atoms with Crippen molar-refractivity contribution in [3.8, 4) is 0 Å². The minimum Gasteiger partial charge on any atom is -0.383 e. The lowest BCUT2D eigenvalue weighted by atomic mass is 10.1. The molecule has 0 fully saturated rings. The Kier molecular flexibility index (Phi) is 2.71. The molecule has 2 nitrogen and oxygen atoms in total. The maximum Gasteiger partial charge on any atom is 0.128 e. The summed E-state index contributed by atoms with van der Waals surface area (Å²) in [4.78, 5) is 3.95. The van der Waals surface area contributed by atoms with Gasteiger partial charge in [-0.25, -0.2) is 4.98 Å². The lowest BCUT2D eigenvalue weighted by molar-refractivity contribution is 0.918. The van der Waals surface area contributed by atoms with Crippen LogP contribution >= 0.6 is 11.6 Å². The van der Waals surface area contributed by atoms with Crippen molar-refractivity contribution in [2.24, 2.45) is 0 Å². The first-order chi connectivity index (χ1) is 5.25. The highest BCUT2D eigenvalue weighted by atomic mass is 35.5. The van der Waals surface area contributed by atoms with Crippen molar-refractivity contribution >= 4 is 17.4 Å². The lowest BCUT2D eigenvalue weighted by Crippen LogP contribution is -1.97. The summed E-state index contributed by atoms with van der Waals surface area (Å²) in [6, 6.07) is 1.77. The van der Waals surface area contributed by atoms with Gasteiger partial charge in [-0.3, -0.25) is 0 Å². The molecule has 0 spiro atoms. The van der Waals surface area contributed by atoms with Crippen molar-refractivity contribution in [2.45, 2.75) is 19.8 Å². The third-order valence-corrected chi connectivity index (χ3v) is 1.89. The Morgan fingerprint density at radius 2 is 2.36 bits per heavy atom. The van der Waals surface area contributed by atoms with Crippen LogP contribution in [0.3, 0.4) is 0 Å². The van der Waals surface area contributed by atoms with Crippen molar-refractivity contribution in [3.63, 3.8) is 0 Å². The number of nitrogen functional groups attached to an aromatic ring is 1. The predicted octanol–water partition coefficient (Wildman–Crippen LogP) is 2.27. The van der Waals surface area contributed by atoms with Crippen LogP contribution in [0.25, 0.3) is 0 Å². The maximum absolute atomic E-state index is 5.89. The Labute approximate surface area is 71.4 Å². The van der Waals surface area contributed by atoms with Gasteiger partial charge in [-0.05, 0) is 12.5 Å². The molecule has 60 valence electrons. The minimum atomic E-state index is 0.555. The molecule has 0 aliphatic rings. The van der Waals surface area contributed by atoms with Crippen molar-refractivity contribution < 1.29 is 0 Å². The molecule has 0 aromatic carbocycles. The fourth-order valence-electron chi connectivity index (χ4n) is 0.981. The first kappa shape index (κ1) is 8.34. The van der Waals surface area contributed by atoms with Gasteiger partial charge in [-0.1, -0.05) is 24.9 Å². The Balaban J connectivity index is 3.00. The van der Waals surface area contributed by atoms with Gasteiger partial charge >= 0.3 is 0 Å². The second kappa shape index (κ2) is 3.58. The van der Waals surface area contributed by atoms with Gasteiger partial charge in [0.1, 0.15) is 5.82 Å². The average Bonchev–Trinajstić information content (AvgIpc) is 1.97. The standard InChI is InChI=1S/C8H11ClN2/c1-2-3-6-7(9)4-5-11-8(6)10/h4-5H,2-3H2,1H3,(H2,10,11). The van der Waals surface area contributed by atoms with E-state index in [1.165, 1.54) is 0 Å². The van der Waals surface area contributed by atoms with Gasteiger partial charge in [0.15, 0.2) is 0 Å². The van der Waals surface area contributed by atoms with Crippen LogP contribution < -0.4 is 5.73 Å². The molecule has 0 radical (unpaired) electrons. The number of rotatable bonds is 2. The van der Waals surface area contributed by atoms with E-state index in [9.17, 15) is 0 Å². The molecule has 0 saturated heterocycles. The lowest BCUT2D eigenvalue weighted by Gasteiger charge is -2.03. The van der Waals surface area contributed by atoms with Gasteiger partial charge in [0.05, 0.1) is 0 Å². The summed E-state index contributed by atoms with van der Waals surface area (Å²) in [5, 5.41) is 0.722. The van der Waals surface area contributed by atoms with Crippen molar-refractivity contribution in [1.82, 2.24) is 4.98 Å². The van der Waals surface area contributed by atoms with Crippen LogP contribution in [0.2, 0.25) is 5.02 Å². The van der Waals surface area contributed by atoms with Gasteiger partial charge < -0.3 is 5.73 Å². The Morgan fingerprint density at radius 3 is 2.91 bits per heavy atom. The smallest absolute Gasteiger partial charge is 0.128 e. The highest BCUT2D eigenvalue weighted by Crippen LogP contribution is 2.20. The van der Waals surface area contributed by atoms with E-state index in [-0.39, 0.29) is 0 Å². The van der Waals surface area contributed by atoms with E-state index >= 15 is 0 Å². The van der Waals surface area contributed by atoms with Gasteiger partial charge in [0.2, 0.25) is 0 Å². The van der Waals surface area contributed by atoms with E-state index in [1.54, 1.807) is 12.3 Å². The molecule has 0 aliphatic heterocycles. The quantitative estimate of drug-likeness (QED) is 0.740. The number of anilines is 1. The summed E-state index contributed by atoms with van der Waals surface area (Å²) in [5.41, 5.74) is 6.58. The van der Waals surface area contributed by atoms with Gasteiger partial charge in [-0.2, -0.15) is 0 Å². The summed E-state index contributed by atoms with van der Waals surface area (Å²) < 4.78 is 0. The summed E-state index contributed by atoms with van der Waals surface area (Å²) in [6.45, 7) is 2.09. The molecule has 0 unspecified atom stereocenters. The second-order valence-corrected chi connectivity index (χ2v) is 2.81. The van der Waals surface area contributed by atoms with E-state index in [1.807, 2.05) is 0 Å². The fourth-order valence-corrected chi connectivity index (χ4v) is 1.23. The molecule has 1 aromatic rings. The molecular weight excluding hydrogens is 160 g/mol. The Hall–Kier alpha value is -0.760. The molecule has 11 heavy (non-hydrogen) atoms. The van der Waals surface area contributed by atoms with E-state index in [2.05, 4.69) is 11.9 Å². The fraction of sp³-hybridized carbons (Fsp3) is 0.375. The van der Waals surface area contributed by atoms with E-state index in [0.717, 1.165) is 23.4 Å².